The highest BCUT2D eigenvalue weighted by Crippen LogP contribution is 2.29. The van der Waals surface area contributed by atoms with E-state index in [0.717, 1.165) is 17.7 Å². The Morgan fingerprint density at radius 3 is 2.45 bits per heavy atom. The highest BCUT2D eigenvalue weighted by atomic mass is 19.4. The Morgan fingerprint density at radius 2 is 1.82 bits per heavy atom. The van der Waals surface area contributed by atoms with Crippen molar-refractivity contribution < 1.29 is 32.2 Å². The Labute approximate surface area is 192 Å². The minimum atomic E-state index is -4.39. The van der Waals surface area contributed by atoms with Crippen molar-refractivity contribution in [1.29, 1.82) is 0 Å². The third-order valence-corrected chi connectivity index (χ3v) is 4.50. The summed E-state index contributed by atoms with van der Waals surface area (Å²) in [6, 6.07) is 12.2. The summed E-state index contributed by atoms with van der Waals surface area (Å²) in [7, 11) is 0. The van der Waals surface area contributed by atoms with E-state index in [0.29, 0.717) is 36.5 Å². The molecule has 1 unspecified atom stereocenters. The maximum Gasteiger partial charge on any atom is 0.416 e. The molecule has 0 aliphatic heterocycles. The lowest BCUT2D eigenvalue weighted by molar-refractivity contribution is -0.156. The van der Waals surface area contributed by atoms with E-state index < -0.39 is 17.8 Å². The summed E-state index contributed by atoms with van der Waals surface area (Å²) in [6.07, 6.45) is -2.89. The first kappa shape index (κ1) is 26.0. The Kier molecular flexibility index (Phi) is 10.0. The third kappa shape index (κ3) is 9.03. The van der Waals surface area contributed by atoms with E-state index >= 15 is 0 Å². The molecule has 2 rings (SSSR count). The van der Waals surface area contributed by atoms with Crippen LogP contribution in [0, 0.1) is 11.8 Å². The molecule has 0 spiro atoms. The molecule has 0 aliphatic rings. The molecule has 0 aromatic heterocycles. The standard InChI is InChI=1S/C26H27F3O4/c1-4-31-24(25(30)32-5-2)18-21-11-13-23(14-12-21)33-16-15-19(3)9-10-20-7-6-8-22(17-20)26(27,28)29/h6-8,11-15,17,24H,4-5,16,18H2,1-3H3/b19-15+. The van der Waals surface area contributed by atoms with Crippen LogP contribution in [0.5, 0.6) is 5.75 Å². The average molecular weight is 460 g/mol. The van der Waals surface area contributed by atoms with Crippen molar-refractivity contribution in [3.8, 4) is 17.6 Å². The molecule has 0 fully saturated rings. The predicted molar refractivity (Wildman–Crippen MR) is 120 cm³/mol. The number of alkyl halides is 3. The number of benzene rings is 2. The smallest absolute Gasteiger partial charge is 0.416 e. The van der Waals surface area contributed by atoms with Gasteiger partial charge in [-0.25, -0.2) is 4.79 Å². The van der Waals surface area contributed by atoms with Gasteiger partial charge in [-0.15, -0.1) is 0 Å². The molecule has 176 valence electrons. The molecule has 33 heavy (non-hydrogen) atoms. The van der Waals surface area contributed by atoms with Gasteiger partial charge in [-0.05, 0) is 68.3 Å². The van der Waals surface area contributed by atoms with Crippen LogP contribution < -0.4 is 4.74 Å². The Hall–Kier alpha value is -3.24. The SMILES string of the molecule is CCOC(=O)C(Cc1ccc(OC/C=C(\C)C#Cc2cccc(C(F)(F)F)c2)cc1)OCC. The second-order valence-electron chi connectivity index (χ2n) is 7.07. The van der Waals surface area contributed by atoms with Crippen molar-refractivity contribution in [3.05, 3.63) is 76.9 Å². The van der Waals surface area contributed by atoms with Crippen molar-refractivity contribution in [2.24, 2.45) is 0 Å². The van der Waals surface area contributed by atoms with Crippen LogP contribution >= 0.6 is 0 Å². The second kappa shape index (κ2) is 12.7. The summed E-state index contributed by atoms with van der Waals surface area (Å²) in [5, 5.41) is 0. The van der Waals surface area contributed by atoms with Crippen LogP contribution in [0.3, 0.4) is 0 Å². The number of rotatable bonds is 9. The molecule has 1 atom stereocenters. The van der Waals surface area contributed by atoms with Crippen LogP contribution in [0.25, 0.3) is 0 Å². The number of halogens is 3. The Morgan fingerprint density at radius 1 is 1.09 bits per heavy atom. The van der Waals surface area contributed by atoms with E-state index in [-0.39, 0.29) is 12.6 Å². The molecular weight excluding hydrogens is 433 g/mol. The van der Waals surface area contributed by atoms with Gasteiger partial charge in [-0.1, -0.05) is 30.0 Å². The van der Waals surface area contributed by atoms with Crippen LogP contribution in [0.2, 0.25) is 0 Å². The fraction of sp³-hybridized carbons (Fsp3) is 0.346. The molecule has 0 saturated carbocycles. The van der Waals surface area contributed by atoms with Gasteiger partial charge >= 0.3 is 12.1 Å². The molecule has 4 nitrogen and oxygen atoms in total. The van der Waals surface area contributed by atoms with Gasteiger partial charge in [0, 0.05) is 18.6 Å². The predicted octanol–water partition coefficient (Wildman–Crippen LogP) is 5.59. The van der Waals surface area contributed by atoms with Gasteiger partial charge in [-0.3, -0.25) is 0 Å². The van der Waals surface area contributed by atoms with E-state index in [2.05, 4.69) is 11.8 Å². The monoisotopic (exact) mass is 460 g/mol. The molecule has 0 saturated heterocycles. The van der Waals surface area contributed by atoms with Crippen LogP contribution in [-0.2, 0) is 26.9 Å². The van der Waals surface area contributed by atoms with Crippen molar-refractivity contribution in [1.82, 2.24) is 0 Å². The number of allylic oxidation sites excluding steroid dienone is 1. The van der Waals surface area contributed by atoms with Gasteiger partial charge in [0.25, 0.3) is 0 Å². The number of carbonyl (C=O) groups is 1. The highest BCUT2D eigenvalue weighted by Gasteiger charge is 2.30. The number of ether oxygens (including phenoxy) is 3. The van der Waals surface area contributed by atoms with E-state index in [1.54, 1.807) is 32.1 Å². The third-order valence-electron chi connectivity index (χ3n) is 4.50. The molecule has 0 heterocycles. The van der Waals surface area contributed by atoms with E-state index in [1.807, 2.05) is 19.1 Å². The summed E-state index contributed by atoms with van der Waals surface area (Å²) < 4.78 is 54.5. The second-order valence-corrected chi connectivity index (χ2v) is 7.07. The summed E-state index contributed by atoms with van der Waals surface area (Å²) in [4.78, 5) is 12.0. The molecule has 0 bridgehead atoms. The number of esters is 1. The zero-order chi connectivity index (χ0) is 24.3. The molecule has 2 aromatic carbocycles. The Bertz CT molecular complexity index is 999. The molecule has 0 N–H and O–H groups in total. The maximum absolute atomic E-state index is 12.8. The van der Waals surface area contributed by atoms with Gasteiger partial charge < -0.3 is 14.2 Å². The lowest BCUT2D eigenvalue weighted by Gasteiger charge is -2.15. The largest absolute Gasteiger partial charge is 0.490 e. The van der Waals surface area contributed by atoms with Gasteiger partial charge in [-0.2, -0.15) is 13.2 Å². The van der Waals surface area contributed by atoms with Crippen molar-refractivity contribution in [2.75, 3.05) is 19.8 Å². The summed E-state index contributed by atoms with van der Waals surface area (Å²) in [6.45, 7) is 6.30. The fourth-order valence-electron chi connectivity index (χ4n) is 2.84. The topological polar surface area (TPSA) is 44.8 Å². The molecular formula is C26H27F3O4. The van der Waals surface area contributed by atoms with Gasteiger partial charge in [0.1, 0.15) is 12.4 Å². The van der Waals surface area contributed by atoms with Crippen LogP contribution in [0.15, 0.2) is 60.2 Å². The van der Waals surface area contributed by atoms with Crippen molar-refractivity contribution in [2.45, 2.75) is 39.5 Å². The summed E-state index contributed by atoms with van der Waals surface area (Å²) in [5.41, 5.74) is 1.16. The van der Waals surface area contributed by atoms with Gasteiger partial charge in [0.2, 0.25) is 0 Å². The molecule has 0 amide bonds. The summed E-state index contributed by atoms with van der Waals surface area (Å²) >= 11 is 0. The number of carbonyl (C=O) groups excluding carboxylic acids is 1. The fourth-order valence-corrected chi connectivity index (χ4v) is 2.84. The number of hydrogen-bond acceptors (Lipinski definition) is 4. The first-order valence-electron chi connectivity index (χ1n) is 10.6. The normalized spacial score (nSPS) is 12.5. The molecule has 0 radical (unpaired) electrons. The first-order chi connectivity index (χ1) is 15.7. The molecule has 0 aliphatic carbocycles. The average Bonchev–Trinajstić information content (AvgIpc) is 2.78. The zero-order valence-corrected chi connectivity index (χ0v) is 18.9. The van der Waals surface area contributed by atoms with E-state index in [9.17, 15) is 18.0 Å². The quantitative estimate of drug-likeness (QED) is 0.361. The minimum Gasteiger partial charge on any atom is -0.490 e. The summed E-state index contributed by atoms with van der Waals surface area (Å²) in [5.74, 6) is 5.82. The zero-order valence-electron chi connectivity index (χ0n) is 18.9. The van der Waals surface area contributed by atoms with Gasteiger partial charge in [0.15, 0.2) is 6.10 Å². The maximum atomic E-state index is 12.8. The van der Waals surface area contributed by atoms with Crippen molar-refractivity contribution >= 4 is 5.97 Å². The van der Waals surface area contributed by atoms with Crippen LogP contribution in [0.1, 0.15) is 37.5 Å². The molecule has 2 aromatic rings. The first-order valence-corrected chi connectivity index (χ1v) is 10.6. The number of hydrogen-bond donors (Lipinski definition) is 0. The van der Waals surface area contributed by atoms with Gasteiger partial charge in [0.05, 0.1) is 12.2 Å². The Balaban J connectivity index is 1.91. The van der Waals surface area contributed by atoms with E-state index in [1.165, 1.54) is 12.1 Å². The highest BCUT2D eigenvalue weighted by molar-refractivity contribution is 5.75. The van der Waals surface area contributed by atoms with Crippen molar-refractivity contribution in [3.63, 3.8) is 0 Å². The van der Waals surface area contributed by atoms with Crippen LogP contribution in [0.4, 0.5) is 13.2 Å². The van der Waals surface area contributed by atoms with E-state index in [4.69, 9.17) is 14.2 Å². The van der Waals surface area contributed by atoms with Crippen LogP contribution in [-0.4, -0.2) is 31.9 Å². The minimum absolute atomic E-state index is 0.257. The molecule has 7 heteroatoms. The lowest BCUT2D eigenvalue weighted by Crippen LogP contribution is -2.28. The lowest BCUT2D eigenvalue weighted by atomic mass is 10.1.